The zero-order valence-electron chi connectivity index (χ0n) is 11.2. The van der Waals surface area contributed by atoms with Gasteiger partial charge in [0, 0.05) is 11.0 Å². The van der Waals surface area contributed by atoms with E-state index in [0.717, 1.165) is 23.7 Å². The highest BCUT2D eigenvalue weighted by atomic mass is 79.9. The molecule has 0 aliphatic heterocycles. The summed E-state index contributed by atoms with van der Waals surface area (Å²) in [5.41, 5.74) is 0.524. The van der Waals surface area contributed by atoms with Gasteiger partial charge in [0.05, 0.1) is 16.7 Å². The Hall–Kier alpha value is -1.54. The zero-order chi connectivity index (χ0) is 14.6. The van der Waals surface area contributed by atoms with Crippen molar-refractivity contribution in [2.24, 2.45) is 5.41 Å². The number of nitrogens with one attached hydrogen (secondary N) is 1. The molecule has 0 unspecified atom stereocenters. The summed E-state index contributed by atoms with van der Waals surface area (Å²) in [6, 6.07) is 7.51. The highest BCUT2D eigenvalue weighted by Gasteiger charge is 2.39. The minimum Gasteiger partial charge on any atom is -0.481 e. The van der Waals surface area contributed by atoms with Gasteiger partial charge in [0.1, 0.15) is 6.07 Å². The normalized spacial score (nSPS) is 17.2. The number of carboxylic acids is 1. The molecule has 0 atom stereocenters. The molecule has 1 aromatic carbocycles. The smallest absolute Gasteiger partial charge is 0.311 e. The van der Waals surface area contributed by atoms with E-state index in [4.69, 9.17) is 5.26 Å². The van der Waals surface area contributed by atoms with Gasteiger partial charge >= 0.3 is 5.97 Å². The fraction of sp³-hybridized carbons (Fsp3) is 0.467. The molecule has 2 N–H and O–H groups in total. The topological polar surface area (TPSA) is 73.1 Å². The van der Waals surface area contributed by atoms with Crippen molar-refractivity contribution in [2.45, 2.75) is 32.1 Å². The molecule has 0 heterocycles. The summed E-state index contributed by atoms with van der Waals surface area (Å²) in [6.07, 6.45) is 4.43. The Labute approximate surface area is 126 Å². The number of rotatable bonds is 4. The lowest BCUT2D eigenvalue weighted by Crippen LogP contribution is -2.39. The van der Waals surface area contributed by atoms with Gasteiger partial charge in [-0.2, -0.15) is 5.26 Å². The SMILES string of the molecule is N#Cc1cc(Br)ccc1NCC1(C(=O)O)CCCCC1. The van der Waals surface area contributed by atoms with Gasteiger partial charge in [-0.1, -0.05) is 35.2 Å². The number of nitriles is 1. The number of benzene rings is 1. The number of hydrogen-bond acceptors (Lipinski definition) is 3. The van der Waals surface area contributed by atoms with Crippen molar-refractivity contribution in [3.8, 4) is 6.07 Å². The predicted octanol–water partition coefficient (Wildman–Crippen LogP) is 3.77. The molecule has 0 saturated heterocycles. The first kappa shape index (κ1) is 14.9. The van der Waals surface area contributed by atoms with E-state index in [0.29, 0.717) is 30.6 Å². The Balaban J connectivity index is 2.14. The Morgan fingerprint density at radius 3 is 2.70 bits per heavy atom. The van der Waals surface area contributed by atoms with Crippen molar-refractivity contribution < 1.29 is 9.90 Å². The first-order chi connectivity index (χ1) is 9.57. The van der Waals surface area contributed by atoms with Crippen LogP contribution < -0.4 is 5.32 Å². The van der Waals surface area contributed by atoms with E-state index < -0.39 is 11.4 Å². The predicted molar refractivity (Wildman–Crippen MR) is 80.5 cm³/mol. The molecule has 0 aromatic heterocycles. The maximum absolute atomic E-state index is 11.6. The van der Waals surface area contributed by atoms with Gasteiger partial charge in [-0.05, 0) is 31.0 Å². The maximum atomic E-state index is 11.6. The molecule has 1 saturated carbocycles. The lowest BCUT2D eigenvalue weighted by atomic mass is 9.74. The van der Waals surface area contributed by atoms with Crippen LogP contribution in [0.5, 0.6) is 0 Å². The minimum absolute atomic E-state index is 0.374. The number of anilines is 1. The van der Waals surface area contributed by atoms with Crippen LogP contribution in [0.3, 0.4) is 0 Å². The van der Waals surface area contributed by atoms with E-state index in [-0.39, 0.29) is 0 Å². The monoisotopic (exact) mass is 336 g/mol. The summed E-state index contributed by atoms with van der Waals surface area (Å²) < 4.78 is 0.838. The molecule has 5 heteroatoms. The molecule has 1 aliphatic rings. The molecule has 1 aromatic rings. The van der Waals surface area contributed by atoms with Gasteiger partial charge in [0.15, 0.2) is 0 Å². The molecule has 2 rings (SSSR count). The van der Waals surface area contributed by atoms with Crippen LogP contribution in [0, 0.1) is 16.7 Å². The standard InChI is InChI=1S/C15H17BrN2O2/c16-12-4-5-13(11(8-12)9-17)18-10-15(14(19)20)6-2-1-3-7-15/h4-5,8,18H,1-3,6-7,10H2,(H,19,20). The third-order valence-corrected chi connectivity index (χ3v) is 4.48. The molecule has 0 amide bonds. The fourth-order valence-corrected chi connectivity index (χ4v) is 3.08. The number of carbonyl (C=O) groups is 1. The Bertz CT molecular complexity index is 545. The Morgan fingerprint density at radius 1 is 1.40 bits per heavy atom. The molecule has 0 spiro atoms. The largest absolute Gasteiger partial charge is 0.481 e. The third-order valence-electron chi connectivity index (χ3n) is 3.98. The van der Waals surface area contributed by atoms with Crippen LogP contribution >= 0.6 is 15.9 Å². The summed E-state index contributed by atoms with van der Waals surface area (Å²) in [7, 11) is 0. The van der Waals surface area contributed by atoms with Crippen molar-refractivity contribution in [3.63, 3.8) is 0 Å². The second-order valence-electron chi connectivity index (χ2n) is 5.30. The molecular weight excluding hydrogens is 320 g/mol. The summed E-state index contributed by atoms with van der Waals surface area (Å²) in [5, 5.41) is 21.8. The molecule has 1 aliphatic carbocycles. The Kier molecular flexibility index (Phi) is 4.66. The average molecular weight is 337 g/mol. The summed E-state index contributed by atoms with van der Waals surface area (Å²) in [4.78, 5) is 11.6. The fourth-order valence-electron chi connectivity index (χ4n) is 2.72. The second kappa shape index (κ2) is 6.27. The van der Waals surface area contributed by atoms with Crippen LogP contribution in [-0.4, -0.2) is 17.6 Å². The van der Waals surface area contributed by atoms with Crippen LogP contribution in [0.25, 0.3) is 0 Å². The van der Waals surface area contributed by atoms with Crippen molar-refractivity contribution in [1.82, 2.24) is 0 Å². The molecule has 0 bridgehead atoms. The number of hydrogen-bond donors (Lipinski definition) is 2. The number of nitrogens with zero attached hydrogens (tertiary/aromatic N) is 1. The van der Waals surface area contributed by atoms with Gasteiger partial charge in [-0.3, -0.25) is 4.79 Å². The van der Waals surface area contributed by atoms with Crippen molar-refractivity contribution in [3.05, 3.63) is 28.2 Å². The van der Waals surface area contributed by atoms with Crippen LogP contribution in [-0.2, 0) is 4.79 Å². The zero-order valence-corrected chi connectivity index (χ0v) is 12.7. The van der Waals surface area contributed by atoms with E-state index in [2.05, 4.69) is 27.3 Å². The Morgan fingerprint density at radius 2 is 2.10 bits per heavy atom. The highest BCUT2D eigenvalue weighted by Crippen LogP contribution is 2.37. The number of carboxylic acid groups (broad SMARTS) is 1. The van der Waals surface area contributed by atoms with Gasteiger partial charge in [-0.15, -0.1) is 0 Å². The molecule has 0 radical (unpaired) electrons. The highest BCUT2D eigenvalue weighted by molar-refractivity contribution is 9.10. The van der Waals surface area contributed by atoms with E-state index in [1.165, 1.54) is 0 Å². The van der Waals surface area contributed by atoms with Crippen LogP contribution in [0.4, 0.5) is 5.69 Å². The average Bonchev–Trinajstić information content (AvgIpc) is 2.46. The molecule has 20 heavy (non-hydrogen) atoms. The second-order valence-corrected chi connectivity index (χ2v) is 6.22. The van der Waals surface area contributed by atoms with Crippen molar-refractivity contribution in [2.75, 3.05) is 11.9 Å². The van der Waals surface area contributed by atoms with Crippen molar-refractivity contribution >= 4 is 27.6 Å². The van der Waals surface area contributed by atoms with E-state index >= 15 is 0 Å². The molecule has 106 valence electrons. The van der Waals surface area contributed by atoms with Crippen molar-refractivity contribution in [1.29, 1.82) is 5.26 Å². The minimum atomic E-state index is -0.736. The van der Waals surface area contributed by atoms with E-state index in [1.54, 1.807) is 12.1 Å². The van der Waals surface area contributed by atoms with E-state index in [1.807, 2.05) is 6.07 Å². The maximum Gasteiger partial charge on any atom is 0.311 e. The number of halogens is 1. The van der Waals surface area contributed by atoms with E-state index in [9.17, 15) is 9.90 Å². The summed E-state index contributed by atoms with van der Waals surface area (Å²) >= 11 is 3.33. The third kappa shape index (κ3) is 3.13. The number of aliphatic carboxylic acids is 1. The molecule has 4 nitrogen and oxygen atoms in total. The molecular formula is C15H17BrN2O2. The van der Waals surface area contributed by atoms with Crippen LogP contribution in [0.15, 0.2) is 22.7 Å². The van der Waals surface area contributed by atoms with Crippen LogP contribution in [0.1, 0.15) is 37.7 Å². The van der Waals surface area contributed by atoms with Gasteiger partial charge < -0.3 is 10.4 Å². The van der Waals surface area contributed by atoms with Gasteiger partial charge in [-0.25, -0.2) is 0 Å². The quantitative estimate of drug-likeness (QED) is 0.877. The first-order valence-corrected chi connectivity index (χ1v) is 7.54. The lowest BCUT2D eigenvalue weighted by molar-refractivity contribution is -0.150. The van der Waals surface area contributed by atoms with Gasteiger partial charge in [0.2, 0.25) is 0 Å². The first-order valence-electron chi connectivity index (χ1n) is 6.74. The summed E-state index contributed by atoms with van der Waals surface area (Å²) in [5.74, 6) is -0.736. The molecule has 1 fully saturated rings. The summed E-state index contributed by atoms with van der Waals surface area (Å²) in [6.45, 7) is 0.374. The van der Waals surface area contributed by atoms with Gasteiger partial charge in [0.25, 0.3) is 0 Å². The van der Waals surface area contributed by atoms with Crippen LogP contribution in [0.2, 0.25) is 0 Å². The lowest BCUT2D eigenvalue weighted by Gasteiger charge is -2.33.